The van der Waals surface area contributed by atoms with Gasteiger partial charge in [-0.15, -0.1) is 0 Å². The van der Waals surface area contributed by atoms with Gasteiger partial charge in [-0.05, 0) is 31.9 Å². The van der Waals surface area contributed by atoms with Crippen LogP contribution >= 0.6 is 0 Å². The number of nitrogens with zero attached hydrogens (tertiary/aromatic N) is 2. The second-order valence-electron chi connectivity index (χ2n) is 4.38. The third-order valence-corrected chi connectivity index (χ3v) is 3.17. The second-order valence-corrected chi connectivity index (χ2v) is 4.38. The van der Waals surface area contributed by atoms with Crippen molar-refractivity contribution in [1.82, 2.24) is 4.98 Å². The van der Waals surface area contributed by atoms with Crippen molar-refractivity contribution >= 4 is 5.82 Å². The Morgan fingerprint density at radius 2 is 2.47 bits per heavy atom. The van der Waals surface area contributed by atoms with Crippen molar-refractivity contribution in [1.29, 1.82) is 0 Å². The first kappa shape index (κ1) is 8.92. The Morgan fingerprint density at radius 3 is 3.07 bits per heavy atom. The molecule has 0 aromatic carbocycles. The lowest BCUT2D eigenvalue weighted by molar-refractivity contribution is -0.0266. The van der Waals surface area contributed by atoms with Crippen LogP contribution in [0.25, 0.3) is 0 Å². The standard InChI is InChI=1S/C12H14N2O/c1-12-7-5-10(6-8-12)15-14(12)11-4-2-3-9-13-11/h2-5,7,9-10H,6,8H2,1H3/t10-,12+/m1/s1. The topological polar surface area (TPSA) is 25.4 Å². The van der Waals surface area contributed by atoms with Crippen molar-refractivity contribution in [3.8, 4) is 0 Å². The number of fused-ring (bicyclic) bond motifs is 2. The zero-order valence-electron chi connectivity index (χ0n) is 8.76. The van der Waals surface area contributed by atoms with Crippen LogP contribution in [0.1, 0.15) is 19.8 Å². The molecule has 1 saturated heterocycles. The van der Waals surface area contributed by atoms with E-state index in [9.17, 15) is 0 Å². The Kier molecular flexibility index (Phi) is 1.83. The molecular weight excluding hydrogens is 188 g/mol. The first-order chi connectivity index (χ1) is 7.28. The van der Waals surface area contributed by atoms with Crippen molar-refractivity contribution < 1.29 is 4.84 Å². The highest BCUT2D eigenvalue weighted by atomic mass is 16.7. The fourth-order valence-corrected chi connectivity index (χ4v) is 2.23. The summed E-state index contributed by atoms with van der Waals surface area (Å²) >= 11 is 0. The number of rotatable bonds is 1. The van der Waals surface area contributed by atoms with Gasteiger partial charge in [0, 0.05) is 6.20 Å². The smallest absolute Gasteiger partial charge is 0.153 e. The summed E-state index contributed by atoms with van der Waals surface area (Å²) in [5, 5.41) is 1.95. The van der Waals surface area contributed by atoms with Crippen LogP contribution in [0.3, 0.4) is 0 Å². The van der Waals surface area contributed by atoms with Crippen molar-refractivity contribution in [2.45, 2.75) is 31.4 Å². The summed E-state index contributed by atoms with van der Waals surface area (Å²) < 4.78 is 0. The first-order valence-corrected chi connectivity index (χ1v) is 5.35. The molecule has 0 radical (unpaired) electrons. The average Bonchev–Trinajstić information content (AvgIpc) is 2.30. The van der Waals surface area contributed by atoms with E-state index in [0.717, 1.165) is 18.7 Å². The summed E-state index contributed by atoms with van der Waals surface area (Å²) in [5.74, 6) is 0.897. The quantitative estimate of drug-likeness (QED) is 0.653. The van der Waals surface area contributed by atoms with Crippen LogP contribution in [0.2, 0.25) is 0 Å². The predicted octanol–water partition coefficient (Wildman–Crippen LogP) is 2.31. The summed E-state index contributed by atoms with van der Waals surface area (Å²) in [4.78, 5) is 10.2. The third-order valence-electron chi connectivity index (χ3n) is 3.17. The Morgan fingerprint density at radius 1 is 1.53 bits per heavy atom. The minimum absolute atomic E-state index is 0.0247. The maximum absolute atomic E-state index is 5.86. The first-order valence-electron chi connectivity index (χ1n) is 5.35. The molecule has 0 unspecified atom stereocenters. The number of hydrogen-bond acceptors (Lipinski definition) is 3. The zero-order chi connectivity index (χ0) is 10.3. The number of anilines is 1. The molecule has 2 aliphatic heterocycles. The number of hydrogen-bond donors (Lipinski definition) is 0. The number of hydroxylamine groups is 1. The van der Waals surface area contributed by atoms with E-state index < -0.39 is 0 Å². The lowest BCUT2D eigenvalue weighted by Crippen LogP contribution is -2.54. The summed E-state index contributed by atoms with van der Waals surface area (Å²) in [6, 6.07) is 5.89. The van der Waals surface area contributed by atoms with E-state index in [-0.39, 0.29) is 11.6 Å². The summed E-state index contributed by atoms with van der Waals surface area (Å²) in [7, 11) is 0. The molecule has 3 nitrogen and oxygen atoms in total. The Labute approximate surface area is 89.3 Å². The van der Waals surface area contributed by atoms with Gasteiger partial charge in [-0.1, -0.05) is 18.2 Å². The Balaban J connectivity index is 1.99. The van der Waals surface area contributed by atoms with Crippen LogP contribution in [0.4, 0.5) is 5.82 Å². The van der Waals surface area contributed by atoms with Crippen LogP contribution < -0.4 is 5.06 Å². The molecule has 0 amide bonds. The fraction of sp³-hybridized carbons (Fsp3) is 0.417. The van der Waals surface area contributed by atoms with Crippen molar-refractivity contribution in [3.63, 3.8) is 0 Å². The van der Waals surface area contributed by atoms with E-state index in [0.29, 0.717) is 0 Å². The molecule has 1 aliphatic carbocycles. The minimum Gasteiger partial charge on any atom is -0.264 e. The molecule has 1 aromatic rings. The maximum Gasteiger partial charge on any atom is 0.153 e. The van der Waals surface area contributed by atoms with Gasteiger partial charge in [0.25, 0.3) is 0 Å². The monoisotopic (exact) mass is 202 g/mol. The third kappa shape index (κ3) is 1.35. The van der Waals surface area contributed by atoms with Crippen LogP contribution in [-0.2, 0) is 4.84 Å². The van der Waals surface area contributed by atoms with Crippen LogP contribution in [0, 0.1) is 0 Å². The molecule has 3 heterocycles. The molecule has 0 spiro atoms. The molecule has 3 aliphatic rings. The van der Waals surface area contributed by atoms with Crippen molar-refractivity contribution in [2.24, 2.45) is 0 Å². The Hall–Kier alpha value is -1.35. The van der Waals surface area contributed by atoms with Gasteiger partial charge in [-0.3, -0.25) is 4.84 Å². The highest BCUT2D eigenvalue weighted by molar-refractivity contribution is 5.42. The van der Waals surface area contributed by atoms with Crippen LogP contribution in [-0.4, -0.2) is 16.6 Å². The van der Waals surface area contributed by atoms with Crippen LogP contribution in [0.15, 0.2) is 36.5 Å². The van der Waals surface area contributed by atoms with Gasteiger partial charge in [0.1, 0.15) is 6.10 Å². The van der Waals surface area contributed by atoms with Gasteiger partial charge < -0.3 is 0 Å². The maximum atomic E-state index is 5.86. The number of pyridine rings is 1. The average molecular weight is 202 g/mol. The van der Waals surface area contributed by atoms with Crippen molar-refractivity contribution in [3.05, 3.63) is 36.5 Å². The molecule has 0 saturated carbocycles. The molecule has 1 fully saturated rings. The van der Waals surface area contributed by atoms with E-state index in [4.69, 9.17) is 4.84 Å². The van der Waals surface area contributed by atoms with Crippen LogP contribution in [0.5, 0.6) is 0 Å². The van der Waals surface area contributed by atoms with E-state index in [1.54, 1.807) is 6.20 Å². The number of aromatic nitrogens is 1. The largest absolute Gasteiger partial charge is 0.264 e. The molecule has 2 atom stereocenters. The normalized spacial score (nSPS) is 33.4. The minimum atomic E-state index is -0.0247. The molecular formula is C12H14N2O. The van der Waals surface area contributed by atoms with Gasteiger partial charge in [-0.2, -0.15) is 0 Å². The highest BCUT2D eigenvalue weighted by Crippen LogP contribution is 2.38. The van der Waals surface area contributed by atoms with Gasteiger partial charge in [0.2, 0.25) is 0 Å². The molecule has 2 bridgehead atoms. The lowest BCUT2D eigenvalue weighted by Gasteiger charge is -2.48. The van der Waals surface area contributed by atoms with Gasteiger partial charge in [-0.25, -0.2) is 10.0 Å². The van der Waals surface area contributed by atoms with E-state index in [1.165, 1.54) is 0 Å². The van der Waals surface area contributed by atoms with Gasteiger partial charge in [0.15, 0.2) is 5.82 Å². The van der Waals surface area contributed by atoms with Crippen molar-refractivity contribution in [2.75, 3.05) is 5.06 Å². The second kappa shape index (κ2) is 3.07. The summed E-state index contributed by atoms with van der Waals surface area (Å²) in [5.41, 5.74) is -0.0247. The van der Waals surface area contributed by atoms with E-state index in [1.807, 2.05) is 23.3 Å². The SMILES string of the molecule is C[C@]12C=C[C@H](CC1)ON2c1ccccn1. The Bertz CT molecular complexity index is 390. The molecule has 4 rings (SSSR count). The molecule has 15 heavy (non-hydrogen) atoms. The molecule has 0 N–H and O–H groups in total. The highest BCUT2D eigenvalue weighted by Gasteiger charge is 2.41. The van der Waals surface area contributed by atoms with Gasteiger partial charge in [0.05, 0.1) is 5.54 Å². The molecule has 1 aromatic heterocycles. The molecule has 78 valence electrons. The zero-order valence-corrected chi connectivity index (χ0v) is 8.76. The summed E-state index contributed by atoms with van der Waals surface area (Å²) in [6.07, 6.45) is 8.66. The van der Waals surface area contributed by atoms with E-state index >= 15 is 0 Å². The van der Waals surface area contributed by atoms with Gasteiger partial charge >= 0.3 is 0 Å². The molecule has 3 heteroatoms. The van der Waals surface area contributed by atoms with E-state index in [2.05, 4.69) is 24.1 Å². The fourth-order valence-electron chi connectivity index (χ4n) is 2.23. The summed E-state index contributed by atoms with van der Waals surface area (Å²) in [6.45, 7) is 2.19. The lowest BCUT2D eigenvalue weighted by atomic mass is 9.86. The predicted molar refractivity (Wildman–Crippen MR) is 58.4 cm³/mol.